The first-order valence-electron chi connectivity index (χ1n) is 11.6. The van der Waals surface area contributed by atoms with E-state index in [0.29, 0.717) is 12.3 Å². The minimum Gasteiger partial charge on any atom is -0.454 e. The molecule has 1 saturated heterocycles. The van der Waals surface area contributed by atoms with Crippen LogP contribution in [-0.2, 0) is 16.8 Å². The topological polar surface area (TPSA) is 63.7 Å². The van der Waals surface area contributed by atoms with Crippen molar-refractivity contribution in [3.63, 3.8) is 0 Å². The van der Waals surface area contributed by atoms with Crippen molar-refractivity contribution in [2.45, 2.75) is 65.3 Å². The normalized spacial score (nSPS) is 17.3. The second kappa shape index (κ2) is 9.00. The molecule has 3 heterocycles. The first kappa shape index (κ1) is 22.4. The maximum atomic E-state index is 13.0. The van der Waals surface area contributed by atoms with E-state index < -0.39 is 0 Å². The molecule has 2 aromatic rings. The van der Waals surface area contributed by atoms with Gasteiger partial charge >= 0.3 is 0 Å². The van der Waals surface area contributed by atoms with Crippen LogP contribution in [0.3, 0.4) is 0 Å². The summed E-state index contributed by atoms with van der Waals surface area (Å²) in [5.41, 5.74) is 3.04. The van der Waals surface area contributed by atoms with Crippen molar-refractivity contribution in [1.29, 1.82) is 0 Å². The highest BCUT2D eigenvalue weighted by molar-refractivity contribution is 5.83. The van der Waals surface area contributed by atoms with Gasteiger partial charge in [-0.05, 0) is 49.4 Å². The third kappa shape index (κ3) is 4.84. The van der Waals surface area contributed by atoms with Gasteiger partial charge < -0.3 is 19.7 Å². The Morgan fingerprint density at radius 2 is 1.88 bits per heavy atom. The molecule has 2 aliphatic rings. The highest BCUT2D eigenvalue weighted by Crippen LogP contribution is 2.35. The number of hydrogen-bond donors (Lipinski definition) is 1. The van der Waals surface area contributed by atoms with Gasteiger partial charge in [-0.15, -0.1) is 0 Å². The van der Waals surface area contributed by atoms with E-state index in [1.54, 1.807) is 0 Å². The number of nitrogens with one attached hydrogen (secondary N) is 1. The highest BCUT2D eigenvalue weighted by Gasteiger charge is 2.24. The van der Waals surface area contributed by atoms with Crippen LogP contribution in [-0.4, -0.2) is 30.8 Å². The van der Waals surface area contributed by atoms with Crippen LogP contribution in [0.1, 0.15) is 70.2 Å². The third-order valence-electron chi connectivity index (χ3n) is 6.55. The lowest BCUT2D eigenvalue weighted by Crippen LogP contribution is -2.36. The van der Waals surface area contributed by atoms with Crippen molar-refractivity contribution in [2.24, 2.45) is 5.92 Å². The Balaban J connectivity index is 1.49. The zero-order valence-electron chi connectivity index (χ0n) is 19.9. The van der Waals surface area contributed by atoms with Crippen LogP contribution >= 0.6 is 0 Å². The van der Waals surface area contributed by atoms with Crippen molar-refractivity contribution >= 4 is 11.7 Å². The van der Waals surface area contributed by atoms with Crippen molar-refractivity contribution in [2.75, 3.05) is 24.8 Å². The molecular formula is C26H35N3O3. The molecule has 1 aromatic carbocycles. The van der Waals surface area contributed by atoms with E-state index in [0.717, 1.165) is 47.4 Å². The van der Waals surface area contributed by atoms with Crippen LogP contribution in [0.5, 0.6) is 11.5 Å². The molecule has 0 spiro atoms. The van der Waals surface area contributed by atoms with E-state index in [1.807, 2.05) is 25.1 Å². The number of ether oxygens (including phenoxy) is 2. The molecule has 4 rings (SSSR count). The van der Waals surface area contributed by atoms with Gasteiger partial charge in [-0.25, -0.2) is 4.98 Å². The summed E-state index contributed by atoms with van der Waals surface area (Å²) in [4.78, 5) is 20.4. The second-order valence-electron chi connectivity index (χ2n) is 10.2. The summed E-state index contributed by atoms with van der Waals surface area (Å²) in [6, 6.07) is 9.92. The molecule has 1 N–H and O–H groups in total. The lowest BCUT2D eigenvalue weighted by atomic mass is 9.91. The lowest BCUT2D eigenvalue weighted by molar-refractivity contribution is -0.122. The molecule has 1 atom stereocenters. The molecule has 0 bridgehead atoms. The fourth-order valence-electron chi connectivity index (χ4n) is 4.20. The van der Waals surface area contributed by atoms with E-state index in [1.165, 1.54) is 12.8 Å². The summed E-state index contributed by atoms with van der Waals surface area (Å²) in [5, 5.41) is 3.13. The van der Waals surface area contributed by atoms with Gasteiger partial charge in [0.1, 0.15) is 5.82 Å². The van der Waals surface area contributed by atoms with Gasteiger partial charge in [-0.2, -0.15) is 0 Å². The minimum absolute atomic E-state index is 0.0121. The Morgan fingerprint density at radius 3 is 2.59 bits per heavy atom. The average Bonchev–Trinajstić information content (AvgIpc) is 3.24. The van der Waals surface area contributed by atoms with Crippen LogP contribution in [0.15, 0.2) is 30.3 Å². The zero-order chi connectivity index (χ0) is 22.9. The van der Waals surface area contributed by atoms with Gasteiger partial charge in [-0.3, -0.25) is 4.79 Å². The summed E-state index contributed by atoms with van der Waals surface area (Å²) < 4.78 is 10.8. The Kier molecular flexibility index (Phi) is 6.31. The number of aromatic nitrogens is 1. The zero-order valence-corrected chi connectivity index (χ0v) is 19.9. The van der Waals surface area contributed by atoms with Crippen LogP contribution in [0.2, 0.25) is 0 Å². The fourth-order valence-corrected chi connectivity index (χ4v) is 4.20. The number of piperidine rings is 1. The number of carbonyl (C=O) groups is 1. The first-order chi connectivity index (χ1) is 15.2. The molecule has 6 heteroatoms. The van der Waals surface area contributed by atoms with Gasteiger partial charge in [0.25, 0.3) is 0 Å². The number of benzene rings is 1. The number of pyridine rings is 1. The molecule has 172 valence electrons. The molecule has 1 fully saturated rings. The summed E-state index contributed by atoms with van der Waals surface area (Å²) in [7, 11) is 0. The predicted octanol–water partition coefficient (Wildman–Crippen LogP) is 4.76. The molecule has 0 radical (unpaired) electrons. The van der Waals surface area contributed by atoms with Crippen molar-refractivity contribution in [3.8, 4) is 11.5 Å². The number of carbonyl (C=O) groups excluding carboxylic acids is 1. The molecule has 32 heavy (non-hydrogen) atoms. The van der Waals surface area contributed by atoms with Crippen LogP contribution in [0, 0.1) is 5.92 Å². The summed E-state index contributed by atoms with van der Waals surface area (Å²) >= 11 is 0. The van der Waals surface area contributed by atoms with Gasteiger partial charge in [0.2, 0.25) is 12.7 Å². The van der Waals surface area contributed by atoms with Crippen molar-refractivity contribution in [3.05, 3.63) is 47.2 Å². The van der Waals surface area contributed by atoms with Crippen molar-refractivity contribution in [1.82, 2.24) is 10.3 Å². The van der Waals surface area contributed by atoms with Crippen LogP contribution in [0.25, 0.3) is 0 Å². The van der Waals surface area contributed by atoms with Gasteiger partial charge in [-0.1, -0.05) is 39.8 Å². The van der Waals surface area contributed by atoms with E-state index in [4.69, 9.17) is 14.5 Å². The monoisotopic (exact) mass is 437 g/mol. The van der Waals surface area contributed by atoms with Crippen LogP contribution in [0.4, 0.5) is 5.82 Å². The quantitative estimate of drug-likeness (QED) is 0.730. The number of nitrogens with zero attached hydrogens (tertiary/aromatic N) is 2. The molecule has 2 aliphatic heterocycles. The molecule has 6 nitrogen and oxygen atoms in total. The second-order valence-corrected chi connectivity index (χ2v) is 10.2. The number of fused-ring (bicyclic) bond motifs is 1. The Morgan fingerprint density at radius 1 is 1.16 bits per heavy atom. The fraction of sp³-hybridized carbons (Fsp3) is 0.538. The van der Waals surface area contributed by atoms with Crippen molar-refractivity contribution < 1.29 is 14.3 Å². The standard InChI is InChI=1S/C26H35N3O3/c1-17-10-12-29(13-11-17)24-20(7-9-23(28-24)26(3,4)5)15-27-25(30)18(2)19-6-8-21-22(14-19)32-16-31-21/h6-9,14,17-18H,10-13,15-16H2,1-5H3,(H,27,30). The smallest absolute Gasteiger partial charge is 0.231 e. The molecule has 0 aliphatic carbocycles. The molecule has 1 amide bonds. The Bertz CT molecular complexity index is 975. The Labute approximate surface area is 191 Å². The van der Waals surface area contributed by atoms with Gasteiger partial charge in [0.15, 0.2) is 11.5 Å². The minimum atomic E-state index is -0.286. The average molecular weight is 438 g/mol. The molecule has 1 unspecified atom stereocenters. The SMILES string of the molecule is CC1CCN(c2nc(C(C)(C)C)ccc2CNC(=O)C(C)c2ccc3c(c2)OCO3)CC1. The lowest BCUT2D eigenvalue weighted by Gasteiger charge is -2.33. The van der Waals surface area contributed by atoms with Gasteiger partial charge in [0, 0.05) is 36.3 Å². The maximum Gasteiger partial charge on any atom is 0.231 e. The van der Waals surface area contributed by atoms with E-state index in [9.17, 15) is 4.79 Å². The molecular weight excluding hydrogens is 402 g/mol. The summed E-state index contributed by atoms with van der Waals surface area (Å²) in [5.74, 6) is 2.90. The predicted molar refractivity (Wildman–Crippen MR) is 126 cm³/mol. The van der Waals surface area contributed by atoms with E-state index in [-0.39, 0.29) is 24.0 Å². The highest BCUT2D eigenvalue weighted by atomic mass is 16.7. The molecule has 1 aromatic heterocycles. The summed E-state index contributed by atoms with van der Waals surface area (Å²) in [6.07, 6.45) is 2.35. The van der Waals surface area contributed by atoms with E-state index in [2.05, 4.69) is 50.0 Å². The number of hydrogen-bond acceptors (Lipinski definition) is 5. The van der Waals surface area contributed by atoms with Crippen LogP contribution < -0.4 is 19.7 Å². The number of anilines is 1. The van der Waals surface area contributed by atoms with Gasteiger partial charge in [0.05, 0.1) is 5.92 Å². The third-order valence-corrected chi connectivity index (χ3v) is 6.55. The first-order valence-corrected chi connectivity index (χ1v) is 11.6. The summed E-state index contributed by atoms with van der Waals surface area (Å²) in [6.45, 7) is 13.5. The largest absolute Gasteiger partial charge is 0.454 e. The number of amides is 1. The van der Waals surface area contributed by atoms with E-state index >= 15 is 0 Å². The number of rotatable bonds is 5. The maximum absolute atomic E-state index is 13.0. The molecule has 0 saturated carbocycles. The Hall–Kier alpha value is -2.76.